The molecular weight excluding hydrogens is 434 g/mol. The Morgan fingerprint density at radius 1 is 0.971 bits per heavy atom. The molecule has 2 amide bonds. The highest BCUT2D eigenvalue weighted by atomic mass is 16.2. The van der Waals surface area contributed by atoms with Gasteiger partial charge in [-0.2, -0.15) is 5.10 Å². The molecule has 0 saturated heterocycles. The van der Waals surface area contributed by atoms with Gasteiger partial charge in [0.25, 0.3) is 0 Å². The molecule has 6 nitrogen and oxygen atoms in total. The number of carbonyl (C=O) groups is 1. The van der Waals surface area contributed by atoms with Crippen LogP contribution in [0.5, 0.6) is 0 Å². The van der Waals surface area contributed by atoms with E-state index < -0.39 is 0 Å². The average molecular weight is 468 g/mol. The molecule has 2 aromatic carbocycles. The van der Waals surface area contributed by atoms with E-state index in [1.54, 1.807) is 0 Å². The molecule has 0 spiro atoms. The Bertz CT molecular complexity index is 1330. The number of amides is 2. The van der Waals surface area contributed by atoms with Crippen LogP contribution in [0.25, 0.3) is 11.5 Å². The number of aryl methyl sites for hydroxylation is 1. The molecule has 35 heavy (non-hydrogen) atoms. The lowest BCUT2D eigenvalue weighted by Crippen LogP contribution is -2.44. The maximum absolute atomic E-state index is 13.6. The van der Waals surface area contributed by atoms with Gasteiger partial charge < -0.3 is 14.8 Å². The van der Waals surface area contributed by atoms with Gasteiger partial charge >= 0.3 is 6.03 Å². The Morgan fingerprint density at radius 3 is 2.34 bits per heavy atom. The van der Waals surface area contributed by atoms with E-state index in [0.717, 1.165) is 34.0 Å². The second-order valence-electron chi connectivity index (χ2n) is 9.89. The Kier molecular flexibility index (Phi) is 5.97. The quantitative estimate of drug-likeness (QED) is 0.393. The number of nitrogens with one attached hydrogen (secondary N) is 1. The van der Waals surface area contributed by atoms with Crippen molar-refractivity contribution < 1.29 is 4.79 Å². The third-order valence-electron chi connectivity index (χ3n) is 6.68. The summed E-state index contributed by atoms with van der Waals surface area (Å²) in [5, 5.41) is 8.04. The monoisotopic (exact) mass is 467 g/mol. The zero-order valence-electron chi connectivity index (χ0n) is 21.1. The van der Waals surface area contributed by atoms with E-state index in [9.17, 15) is 4.79 Å². The maximum Gasteiger partial charge on any atom is 0.318 e. The van der Waals surface area contributed by atoms with Crippen LogP contribution in [0.1, 0.15) is 67.7 Å². The third-order valence-corrected chi connectivity index (χ3v) is 6.68. The largest absolute Gasteiger partial charge is 0.336 e. The number of hydrogen-bond donors (Lipinski definition) is 1. The molecule has 4 aromatic rings. The summed E-state index contributed by atoms with van der Waals surface area (Å²) in [5.74, 6) is 1.43. The number of urea groups is 1. The maximum atomic E-state index is 13.6. The summed E-state index contributed by atoms with van der Waals surface area (Å²) in [6.45, 7) is 10.9. The molecule has 0 radical (unpaired) electrons. The summed E-state index contributed by atoms with van der Waals surface area (Å²) in [7, 11) is 0. The first-order valence-corrected chi connectivity index (χ1v) is 12.3. The fraction of sp³-hybridized carbons (Fsp3) is 0.310. The molecule has 1 aliphatic heterocycles. The van der Waals surface area contributed by atoms with Gasteiger partial charge in [-0.3, -0.25) is 0 Å². The third kappa shape index (κ3) is 4.14. The molecule has 0 bridgehead atoms. The predicted molar refractivity (Wildman–Crippen MR) is 139 cm³/mol. The van der Waals surface area contributed by atoms with Gasteiger partial charge in [-0.1, -0.05) is 56.3 Å². The first-order chi connectivity index (χ1) is 16.8. The number of carbonyl (C=O) groups excluding carboxylic acids is 1. The molecule has 3 heterocycles. The van der Waals surface area contributed by atoms with Crippen molar-refractivity contribution in [3.05, 3.63) is 101 Å². The van der Waals surface area contributed by atoms with Crippen LogP contribution in [0, 0.1) is 6.92 Å². The minimum absolute atomic E-state index is 0.0362. The van der Waals surface area contributed by atoms with Crippen LogP contribution in [-0.2, 0) is 6.54 Å². The number of para-hydroxylation sites is 1. The normalized spacial score (nSPS) is 15.2. The molecule has 5 rings (SSSR count). The molecular formula is C29H33N5O. The highest BCUT2D eigenvalue weighted by molar-refractivity contribution is 5.76. The number of nitrogens with zero attached hydrogens (tertiary/aromatic N) is 4. The Labute approximate surface area is 207 Å². The van der Waals surface area contributed by atoms with Crippen LogP contribution in [0.4, 0.5) is 4.79 Å². The fourth-order valence-corrected chi connectivity index (χ4v) is 4.89. The SMILES string of the molecule is Cc1nn(-c2ccccc2)c2c1CN(C(=O)NC(C)C)[C@H](c1ccc(C(C)C)cc1)c1cccn1-2. The van der Waals surface area contributed by atoms with E-state index in [0.29, 0.717) is 12.5 Å². The summed E-state index contributed by atoms with van der Waals surface area (Å²) in [5.41, 5.74) is 6.38. The van der Waals surface area contributed by atoms with Gasteiger partial charge in [-0.15, -0.1) is 0 Å². The topological polar surface area (TPSA) is 55.1 Å². The Hall–Kier alpha value is -3.80. The summed E-state index contributed by atoms with van der Waals surface area (Å²) < 4.78 is 4.20. The summed E-state index contributed by atoms with van der Waals surface area (Å²) in [4.78, 5) is 15.6. The first kappa shape index (κ1) is 23.0. The second kappa shape index (κ2) is 9.10. The average Bonchev–Trinajstić information content (AvgIpc) is 3.40. The zero-order chi connectivity index (χ0) is 24.7. The zero-order valence-corrected chi connectivity index (χ0v) is 21.1. The van der Waals surface area contributed by atoms with Gasteiger partial charge in [-0.25, -0.2) is 9.48 Å². The van der Waals surface area contributed by atoms with Gasteiger partial charge in [0.05, 0.1) is 29.7 Å². The van der Waals surface area contributed by atoms with Crippen LogP contribution in [0.3, 0.4) is 0 Å². The van der Waals surface area contributed by atoms with E-state index in [4.69, 9.17) is 5.10 Å². The van der Waals surface area contributed by atoms with Crippen LogP contribution in [0.15, 0.2) is 72.9 Å². The van der Waals surface area contributed by atoms with Crippen LogP contribution >= 0.6 is 0 Å². The highest BCUT2D eigenvalue weighted by Gasteiger charge is 2.36. The fourth-order valence-electron chi connectivity index (χ4n) is 4.89. The van der Waals surface area contributed by atoms with E-state index in [-0.39, 0.29) is 18.1 Å². The standard InChI is InChI=1S/C29H33N5O/c1-19(2)22-13-15-23(16-14-22)27-26-12-9-17-32(26)28-25(18-33(27)29(35)30-20(3)4)21(5)31-34(28)24-10-7-6-8-11-24/h6-17,19-20,27H,18H2,1-5H3,(H,30,35)/t27-/m1/s1. The molecule has 0 unspecified atom stereocenters. The van der Waals surface area contributed by atoms with Gasteiger partial charge in [0, 0.05) is 17.8 Å². The highest BCUT2D eigenvalue weighted by Crippen LogP contribution is 2.38. The van der Waals surface area contributed by atoms with Crippen molar-refractivity contribution >= 4 is 6.03 Å². The lowest BCUT2D eigenvalue weighted by atomic mass is 9.97. The van der Waals surface area contributed by atoms with E-state index in [1.807, 2.05) is 48.6 Å². The Balaban J connectivity index is 1.72. The summed E-state index contributed by atoms with van der Waals surface area (Å²) >= 11 is 0. The number of aromatic nitrogens is 3. The second-order valence-corrected chi connectivity index (χ2v) is 9.89. The number of benzene rings is 2. The lowest BCUT2D eigenvalue weighted by Gasteiger charge is -2.32. The first-order valence-electron chi connectivity index (χ1n) is 12.3. The Morgan fingerprint density at radius 2 is 1.69 bits per heavy atom. The van der Waals surface area contributed by atoms with Crippen molar-refractivity contribution in [2.24, 2.45) is 0 Å². The van der Waals surface area contributed by atoms with Crippen molar-refractivity contribution in [1.29, 1.82) is 0 Å². The van der Waals surface area contributed by atoms with Gasteiger partial charge in [0.1, 0.15) is 5.82 Å². The smallest absolute Gasteiger partial charge is 0.318 e. The van der Waals surface area contributed by atoms with Crippen LogP contribution in [0.2, 0.25) is 0 Å². The number of rotatable bonds is 4. The minimum Gasteiger partial charge on any atom is -0.336 e. The van der Waals surface area contributed by atoms with Crippen molar-refractivity contribution in [3.63, 3.8) is 0 Å². The minimum atomic E-state index is -0.235. The molecule has 1 atom stereocenters. The summed E-state index contributed by atoms with van der Waals surface area (Å²) in [6.07, 6.45) is 2.08. The number of fused-ring (bicyclic) bond motifs is 3. The van der Waals surface area contributed by atoms with Gasteiger partial charge in [0.2, 0.25) is 0 Å². The molecule has 2 aromatic heterocycles. The van der Waals surface area contributed by atoms with Crippen molar-refractivity contribution in [1.82, 2.24) is 24.6 Å². The van der Waals surface area contributed by atoms with E-state index in [1.165, 1.54) is 5.56 Å². The molecule has 6 heteroatoms. The van der Waals surface area contributed by atoms with Crippen molar-refractivity contribution in [3.8, 4) is 11.5 Å². The molecule has 0 fully saturated rings. The van der Waals surface area contributed by atoms with Gasteiger partial charge in [-0.05, 0) is 62.1 Å². The molecule has 1 N–H and O–H groups in total. The summed E-state index contributed by atoms with van der Waals surface area (Å²) in [6, 6.07) is 22.8. The molecule has 1 aliphatic rings. The van der Waals surface area contributed by atoms with E-state index in [2.05, 4.69) is 78.5 Å². The molecule has 180 valence electrons. The van der Waals surface area contributed by atoms with E-state index >= 15 is 0 Å². The lowest BCUT2D eigenvalue weighted by molar-refractivity contribution is 0.178. The van der Waals surface area contributed by atoms with Crippen molar-refractivity contribution in [2.45, 2.75) is 59.2 Å². The number of hydrogen-bond acceptors (Lipinski definition) is 2. The molecule has 0 aliphatic carbocycles. The van der Waals surface area contributed by atoms with Crippen LogP contribution in [-0.4, -0.2) is 31.3 Å². The van der Waals surface area contributed by atoms with Gasteiger partial charge in [0.15, 0.2) is 0 Å². The molecule has 0 saturated carbocycles. The van der Waals surface area contributed by atoms with Crippen LogP contribution < -0.4 is 5.32 Å². The van der Waals surface area contributed by atoms with Crippen molar-refractivity contribution in [2.75, 3.05) is 0 Å². The predicted octanol–water partition coefficient (Wildman–Crippen LogP) is 6.12.